The number of carbonyl (C=O) groups excluding carboxylic acids is 2. The molecule has 2 amide bonds. The molecule has 3 heterocycles. The van der Waals surface area contributed by atoms with Crippen molar-refractivity contribution >= 4 is 46.0 Å². The van der Waals surface area contributed by atoms with Crippen LogP contribution in [0.15, 0.2) is 82.0 Å². The van der Waals surface area contributed by atoms with Crippen molar-refractivity contribution in [2.45, 2.75) is 32.2 Å². The molecule has 1 fully saturated rings. The summed E-state index contributed by atoms with van der Waals surface area (Å²) >= 11 is 7.85. The number of carbonyl (C=O) groups is 2. The molecule has 1 atom stereocenters. The first-order valence-electron chi connectivity index (χ1n) is 11.4. The van der Waals surface area contributed by atoms with Crippen LogP contribution in [0, 0.1) is 0 Å². The van der Waals surface area contributed by atoms with E-state index in [1.807, 2.05) is 76.7 Å². The number of allylic oxidation sites excluding steroid dienone is 1. The highest BCUT2D eigenvalue weighted by atomic mass is 35.5. The highest BCUT2D eigenvalue weighted by Crippen LogP contribution is 2.45. The Balaban J connectivity index is 1.51. The Morgan fingerprint density at radius 3 is 2.62 bits per heavy atom. The number of hydrogen-bond donors (Lipinski definition) is 1. The Labute approximate surface area is 208 Å². The van der Waals surface area contributed by atoms with Gasteiger partial charge in [-0.3, -0.25) is 9.59 Å². The SMILES string of the molecule is CC1=C(C(=O)Nc2ccccc2)C(c2cccc(Cl)c2)N2C(CC(=O)N3CCCC3)=CSC2=N1. The molecule has 6 nitrogen and oxygen atoms in total. The van der Waals surface area contributed by atoms with Crippen LogP contribution in [-0.4, -0.2) is 39.9 Å². The summed E-state index contributed by atoms with van der Waals surface area (Å²) in [4.78, 5) is 35.3. The van der Waals surface area contributed by atoms with Crippen molar-refractivity contribution in [1.82, 2.24) is 9.80 Å². The van der Waals surface area contributed by atoms with E-state index in [2.05, 4.69) is 5.32 Å². The predicted octanol–water partition coefficient (Wildman–Crippen LogP) is 5.57. The maximum absolute atomic E-state index is 13.6. The van der Waals surface area contributed by atoms with Crippen LogP contribution in [0.4, 0.5) is 5.69 Å². The molecule has 174 valence electrons. The van der Waals surface area contributed by atoms with Crippen LogP contribution in [0.3, 0.4) is 0 Å². The third-order valence-electron chi connectivity index (χ3n) is 6.23. The first-order valence-corrected chi connectivity index (χ1v) is 12.6. The number of amides is 2. The van der Waals surface area contributed by atoms with Gasteiger partial charge in [0.1, 0.15) is 0 Å². The van der Waals surface area contributed by atoms with Crippen molar-refractivity contribution in [3.8, 4) is 0 Å². The highest BCUT2D eigenvalue weighted by Gasteiger charge is 2.41. The molecule has 0 bridgehead atoms. The van der Waals surface area contributed by atoms with E-state index in [1.54, 1.807) is 0 Å². The number of amidine groups is 1. The van der Waals surface area contributed by atoms with Gasteiger partial charge in [-0.2, -0.15) is 0 Å². The van der Waals surface area contributed by atoms with Gasteiger partial charge in [0.05, 0.1) is 23.7 Å². The average Bonchev–Trinajstić information content (AvgIpc) is 3.49. The molecule has 1 saturated heterocycles. The summed E-state index contributed by atoms with van der Waals surface area (Å²) in [7, 11) is 0. The van der Waals surface area contributed by atoms with Gasteiger partial charge in [0.15, 0.2) is 5.17 Å². The van der Waals surface area contributed by atoms with E-state index in [4.69, 9.17) is 16.6 Å². The lowest BCUT2D eigenvalue weighted by atomic mass is 9.93. The van der Waals surface area contributed by atoms with Crippen LogP contribution in [0.1, 0.15) is 37.8 Å². The molecule has 0 aliphatic carbocycles. The number of para-hydroxylation sites is 1. The van der Waals surface area contributed by atoms with Crippen molar-refractivity contribution in [3.05, 3.63) is 87.6 Å². The summed E-state index contributed by atoms with van der Waals surface area (Å²) < 4.78 is 0. The maximum Gasteiger partial charge on any atom is 0.255 e. The lowest BCUT2D eigenvalue weighted by Crippen LogP contribution is -2.39. The van der Waals surface area contributed by atoms with Gasteiger partial charge < -0.3 is 15.1 Å². The number of aliphatic imine (C=N–C) groups is 1. The number of benzene rings is 2. The normalized spacial score (nSPS) is 19.6. The molecule has 3 aliphatic heterocycles. The zero-order chi connectivity index (χ0) is 23.7. The Kier molecular flexibility index (Phi) is 6.48. The molecule has 0 aromatic heterocycles. The molecule has 0 saturated carbocycles. The molecule has 2 aromatic rings. The van der Waals surface area contributed by atoms with Gasteiger partial charge in [-0.15, -0.1) is 0 Å². The molecule has 3 aliphatic rings. The quantitative estimate of drug-likeness (QED) is 0.593. The van der Waals surface area contributed by atoms with Gasteiger partial charge in [0, 0.05) is 29.5 Å². The summed E-state index contributed by atoms with van der Waals surface area (Å²) in [5, 5.41) is 6.35. The first kappa shape index (κ1) is 22.7. The smallest absolute Gasteiger partial charge is 0.255 e. The lowest BCUT2D eigenvalue weighted by molar-refractivity contribution is -0.129. The predicted molar refractivity (Wildman–Crippen MR) is 137 cm³/mol. The van der Waals surface area contributed by atoms with Crippen molar-refractivity contribution in [1.29, 1.82) is 0 Å². The Morgan fingerprint density at radius 2 is 1.88 bits per heavy atom. The van der Waals surface area contributed by atoms with E-state index in [0.717, 1.165) is 42.4 Å². The molecular weight excluding hydrogens is 468 g/mol. The second kappa shape index (κ2) is 9.68. The fourth-order valence-corrected chi connectivity index (χ4v) is 5.77. The fraction of sp³-hybridized carbons (Fsp3) is 0.269. The summed E-state index contributed by atoms with van der Waals surface area (Å²) in [5.74, 6) is -0.115. The van der Waals surface area contributed by atoms with Gasteiger partial charge in [-0.05, 0) is 55.0 Å². The second-order valence-corrected chi connectivity index (χ2v) is 9.81. The largest absolute Gasteiger partial charge is 0.342 e. The van der Waals surface area contributed by atoms with Gasteiger partial charge >= 0.3 is 0 Å². The van der Waals surface area contributed by atoms with Crippen LogP contribution in [-0.2, 0) is 9.59 Å². The monoisotopic (exact) mass is 492 g/mol. The molecule has 5 rings (SSSR count). The minimum atomic E-state index is -0.442. The second-order valence-electron chi connectivity index (χ2n) is 8.53. The Morgan fingerprint density at radius 1 is 1.12 bits per heavy atom. The van der Waals surface area contributed by atoms with Gasteiger partial charge in [0.25, 0.3) is 5.91 Å². The summed E-state index contributed by atoms with van der Waals surface area (Å²) in [5.41, 5.74) is 3.63. The minimum absolute atomic E-state index is 0.108. The molecule has 2 aromatic carbocycles. The number of hydrogen-bond acceptors (Lipinski definition) is 5. The van der Waals surface area contributed by atoms with E-state index < -0.39 is 6.04 Å². The minimum Gasteiger partial charge on any atom is -0.342 e. The van der Waals surface area contributed by atoms with E-state index in [1.165, 1.54) is 11.8 Å². The molecule has 1 N–H and O–H groups in total. The summed E-state index contributed by atoms with van der Waals surface area (Å²) in [6.45, 7) is 3.47. The van der Waals surface area contributed by atoms with Crippen LogP contribution >= 0.6 is 23.4 Å². The van der Waals surface area contributed by atoms with Crippen molar-refractivity contribution in [2.24, 2.45) is 4.99 Å². The van der Waals surface area contributed by atoms with E-state index >= 15 is 0 Å². The number of thioether (sulfide) groups is 1. The molecule has 1 unspecified atom stereocenters. The number of nitrogens with one attached hydrogen (secondary N) is 1. The lowest BCUT2D eigenvalue weighted by Gasteiger charge is -2.37. The topological polar surface area (TPSA) is 65.0 Å². The summed E-state index contributed by atoms with van der Waals surface area (Å²) in [6.07, 6.45) is 2.37. The number of nitrogens with zero attached hydrogens (tertiary/aromatic N) is 3. The van der Waals surface area contributed by atoms with Gasteiger partial charge in [-0.1, -0.05) is 53.7 Å². The highest BCUT2D eigenvalue weighted by molar-refractivity contribution is 8.16. The van der Waals surface area contributed by atoms with Crippen LogP contribution < -0.4 is 5.32 Å². The molecule has 34 heavy (non-hydrogen) atoms. The number of halogens is 1. The number of likely N-dealkylation sites (tertiary alicyclic amines) is 1. The first-order chi connectivity index (χ1) is 16.5. The fourth-order valence-electron chi connectivity index (χ4n) is 4.61. The average molecular weight is 493 g/mol. The third kappa shape index (κ3) is 4.50. The van der Waals surface area contributed by atoms with Crippen LogP contribution in [0.5, 0.6) is 0 Å². The van der Waals surface area contributed by atoms with Crippen molar-refractivity contribution in [3.63, 3.8) is 0 Å². The Hall–Kier alpha value is -3.03. The van der Waals surface area contributed by atoms with Gasteiger partial charge in [-0.25, -0.2) is 4.99 Å². The van der Waals surface area contributed by atoms with Crippen LogP contribution in [0.2, 0.25) is 5.02 Å². The molecule has 0 radical (unpaired) electrons. The van der Waals surface area contributed by atoms with E-state index in [0.29, 0.717) is 22.0 Å². The zero-order valence-electron chi connectivity index (χ0n) is 18.8. The standard InChI is InChI=1S/C26H25ClN4O2S/c1-17-23(25(33)29-20-10-3-2-4-11-20)24(18-8-7-9-19(27)14-18)31-21(16-34-26(31)28-17)15-22(32)30-12-5-6-13-30/h2-4,7-11,14,16,24H,5-6,12-13,15H2,1H3,(H,29,33). The van der Waals surface area contributed by atoms with E-state index in [-0.39, 0.29) is 18.2 Å². The van der Waals surface area contributed by atoms with Crippen molar-refractivity contribution < 1.29 is 9.59 Å². The number of fused-ring (bicyclic) bond motifs is 1. The summed E-state index contributed by atoms with van der Waals surface area (Å²) in [6, 6.07) is 16.5. The van der Waals surface area contributed by atoms with Crippen LogP contribution in [0.25, 0.3) is 0 Å². The number of anilines is 1. The van der Waals surface area contributed by atoms with Gasteiger partial charge in [0.2, 0.25) is 5.91 Å². The van der Waals surface area contributed by atoms with Crippen molar-refractivity contribution in [2.75, 3.05) is 18.4 Å². The third-order valence-corrected chi connectivity index (χ3v) is 7.36. The zero-order valence-corrected chi connectivity index (χ0v) is 20.4. The molecule has 0 spiro atoms. The van der Waals surface area contributed by atoms with E-state index in [9.17, 15) is 9.59 Å². The maximum atomic E-state index is 13.6. The molecular formula is C26H25ClN4O2S. The molecule has 8 heteroatoms. The number of rotatable bonds is 5. The Bertz CT molecular complexity index is 1220.